The van der Waals surface area contributed by atoms with Crippen LogP contribution in [0.1, 0.15) is 34.8 Å². The molecule has 2 atom stereocenters. The second-order valence-electron chi connectivity index (χ2n) is 4.26. The summed E-state index contributed by atoms with van der Waals surface area (Å²) in [7, 11) is 0. The Morgan fingerprint density at radius 1 is 1.00 bits per heavy atom. The number of epoxide rings is 1. The Bertz CT molecular complexity index is 370. The van der Waals surface area contributed by atoms with Gasteiger partial charge in [-0.1, -0.05) is 18.5 Å². The van der Waals surface area contributed by atoms with E-state index in [-0.39, 0.29) is 12.2 Å². The Morgan fingerprint density at radius 2 is 1.57 bits per heavy atom. The van der Waals surface area contributed by atoms with Crippen molar-refractivity contribution < 1.29 is 7.48 Å². The third-order valence-electron chi connectivity index (χ3n) is 3.07. The molecule has 74 valence electrons. The van der Waals surface area contributed by atoms with E-state index in [4.69, 9.17) is 7.48 Å². The van der Waals surface area contributed by atoms with Crippen LogP contribution < -0.4 is 0 Å². The lowest BCUT2D eigenvalue weighted by Gasteiger charge is -2.01. The largest absolute Gasteiger partial charge is 0.361 e. The number of rotatable bonds is 0. The van der Waals surface area contributed by atoms with E-state index in [1.165, 1.54) is 6.42 Å². The Kier molecular flexibility index (Phi) is 1.61. The summed E-state index contributed by atoms with van der Waals surface area (Å²) in [6.07, 6.45) is 9.79. The van der Waals surface area contributed by atoms with Crippen molar-refractivity contribution in [3.63, 3.8) is 0 Å². The van der Waals surface area contributed by atoms with Crippen LogP contribution in [0.15, 0.2) is 35.4 Å². The molecule has 2 aliphatic carbocycles. The quantitative estimate of drug-likeness (QED) is 0.535. The molecule has 0 saturated carbocycles. The van der Waals surface area contributed by atoms with Gasteiger partial charge in [0.2, 0.25) is 0 Å². The molecule has 1 heteroatoms. The number of hydrogen-bond donors (Lipinski definition) is 0. The summed E-state index contributed by atoms with van der Waals surface area (Å²) in [6.45, 7) is 0. The molecule has 1 fully saturated rings. The van der Waals surface area contributed by atoms with Crippen LogP contribution >= 0.6 is 0 Å². The first-order valence-corrected chi connectivity index (χ1v) is 5.51. The van der Waals surface area contributed by atoms with Crippen molar-refractivity contribution in [3.8, 4) is 0 Å². The summed E-state index contributed by atoms with van der Waals surface area (Å²) < 4.78 is 21.7. The van der Waals surface area contributed by atoms with E-state index in [9.17, 15) is 0 Å². The minimum atomic E-state index is 0.177. The van der Waals surface area contributed by atoms with Crippen LogP contribution in [0.25, 0.3) is 0 Å². The molecule has 0 spiro atoms. The van der Waals surface area contributed by atoms with Gasteiger partial charge in [-0.15, -0.1) is 0 Å². The van der Waals surface area contributed by atoms with Crippen LogP contribution in [0.2, 0.25) is 0 Å². The van der Waals surface area contributed by atoms with E-state index in [1.807, 2.05) is 0 Å². The highest BCUT2D eigenvalue weighted by Crippen LogP contribution is 2.32. The van der Waals surface area contributed by atoms with Gasteiger partial charge in [0.25, 0.3) is 0 Å². The van der Waals surface area contributed by atoms with Gasteiger partial charge in [-0.2, -0.15) is 0 Å². The summed E-state index contributed by atoms with van der Waals surface area (Å²) >= 11 is 0. The second kappa shape index (κ2) is 3.39. The summed E-state index contributed by atoms with van der Waals surface area (Å²) in [5.74, 6) is 0. The average molecular weight is 190 g/mol. The summed E-state index contributed by atoms with van der Waals surface area (Å²) in [4.78, 5) is 0. The average Bonchev–Trinajstić information content (AvgIpc) is 2.98. The summed E-state index contributed by atoms with van der Waals surface area (Å²) in [5, 5.41) is 0. The maximum atomic E-state index is 8.07. The predicted molar refractivity (Wildman–Crippen MR) is 57.1 cm³/mol. The van der Waals surface area contributed by atoms with Gasteiger partial charge in [0.1, 0.15) is 12.2 Å². The minimum Gasteiger partial charge on any atom is -0.361 e. The topological polar surface area (TPSA) is 12.5 Å². The molecule has 0 N–H and O–H groups in total. The number of ether oxygens (including phenoxy) is 1. The standard InChI is InChI=1S/C13H16O/c1-2-4-10-6-7-11(5-3-1)9-13-12(8-10)14-13/h6-9,12-13H,1-5H2/b7-6-,10-8-,11-9-/i6D,7D. The van der Waals surface area contributed by atoms with Crippen LogP contribution in [0.5, 0.6) is 0 Å². The zero-order chi connectivity index (χ0) is 11.1. The fourth-order valence-corrected chi connectivity index (χ4v) is 2.14. The number of hydrogen-bond acceptors (Lipinski definition) is 1. The van der Waals surface area contributed by atoms with Crippen LogP contribution in [0.4, 0.5) is 0 Å². The molecule has 3 aliphatic rings. The van der Waals surface area contributed by atoms with Crippen LogP contribution in [0.3, 0.4) is 0 Å². The zero-order valence-corrected chi connectivity index (χ0v) is 8.25. The Balaban J connectivity index is 2.08. The molecule has 0 aromatic rings. The van der Waals surface area contributed by atoms with Crippen molar-refractivity contribution >= 4 is 0 Å². The SMILES string of the molecule is [2H]C1=C([2H])/C2=C\C3OC3/C=C\1CCCCC2. The van der Waals surface area contributed by atoms with Crippen LogP contribution in [-0.2, 0) is 4.74 Å². The molecule has 0 amide bonds. The van der Waals surface area contributed by atoms with Crippen molar-refractivity contribution in [1.29, 1.82) is 0 Å². The Hall–Kier alpha value is -0.820. The molecule has 1 nitrogen and oxygen atoms in total. The van der Waals surface area contributed by atoms with Gasteiger partial charge in [0.05, 0.1) is 2.74 Å². The lowest BCUT2D eigenvalue weighted by atomic mass is 10.0. The highest BCUT2D eigenvalue weighted by Gasteiger charge is 2.35. The van der Waals surface area contributed by atoms with E-state index < -0.39 is 0 Å². The van der Waals surface area contributed by atoms with Crippen LogP contribution in [-0.4, -0.2) is 12.2 Å². The fourth-order valence-electron chi connectivity index (χ4n) is 2.14. The van der Waals surface area contributed by atoms with Crippen molar-refractivity contribution in [2.75, 3.05) is 0 Å². The molecule has 2 bridgehead atoms. The summed E-state index contributed by atoms with van der Waals surface area (Å²) in [5.41, 5.74) is 2.04. The third kappa shape index (κ3) is 1.69. The second-order valence-corrected chi connectivity index (χ2v) is 4.26. The maximum absolute atomic E-state index is 8.07. The highest BCUT2D eigenvalue weighted by atomic mass is 16.6. The van der Waals surface area contributed by atoms with E-state index >= 15 is 0 Å². The van der Waals surface area contributed by atoms with Gasteiger partial charge < -0.3 is 4.74 Å². The van der Waals surface area contributed by atoms with E-state index in [0.717, 1.165) is 36.8 Å². The van der Waals surface area contributed by atoms with Gasteiger partial charge >= 0.3 is 0 Å². The van der Waals surface area contributed by atoms with E-state index in [2.05, 4.69) is 12.2 Å². The van der Waals surface area contributed by atoms with Crippen molar-refractivity contribution in [3.05, 3.63) is 35.4 Å². The monoisotopic (exact) mass is 190 g/mol. The zero-order valence-electron chi connectivity index (χ0n) is 10.3. The third-order valence-corrected chi connectivity index (χ3v) is 3.07. The molecule has 2 unspecified atom stereocenters. The Morgan fingerprint density at radius 3 is 2.14 bits per heavy atom. The van der Waals surface area contributed by atoms with Gasteiger partial charge in [0.15, 0.2) is 0 Å². The van der Waals surface area contributed by atoms with Crippen molar-refractivity contribution in [2.45, 2.75) is 44.3 Å². The smallest absolute Gasteiger partial charge is 0.107 e. The fraction of sp³-hybridized carbons (Fsp3) is 0.538. The normalized spacial score (nSPS) is 51.4. The lowest BCUT2D eigenvalue weighted by molar-refractivity contribution is 0.412. The molecule has 1 aliphatic heterocycles. The van der Waals surface area contributed by atoms with Gasteiger partial charge in [-0.3, -0.25) is 0 Å². The number of fused-ring (bicyclic) bond motifs is 3. The molecule has 1 heterocycles. The number of allylic oxidation sites excluding steroid dienone is 4. The maximum Gasteiger partial charge on any atom is 0.107 e. The predicted octanol–water partition coefficient (Wildman–Crippen LogP) is 3.14. The molecule has 1 saturated heterocycles. The molecular formula is C13H16O. The molecule has 3 rings (SSSR count). The lowest BCUT2D eigenvalue weighted by Crippen LogP contribution is -1.92. The van der Waals surface area contributed by atoms with E-state index in [0.29, 0.717) is 12.1 Å². The molecular weight excluding hydrogens is 172 g/mol. The highest BCUT2D eigenvalue weighted by molar-refractivity contribution is 5.35. The van der Waals surface area contributed by atoms with E-state index in [1.54, 1.807) is 0 Å². The van der Waals surface area contributed by atoms with Crippen molar-refractivity contribution in [1.82, 2.24) is 0 Å². The minimum absolute atomic E-state index is 0.177. The van der Waals surface area contributed by atoms with Crippen LogP contribution in [0, 0.1) is 0 Å². The van der Waals surface area contributed by atoms with Gasteiger partial charge in [0, 0.05) is 0 Å². The first-order chi connectivity index (χ1) is 7.75. The molecule has 0 aromatic carbocycles. The van der Waals surface area contributed by atoms with Crippen molar-refractivity contribution in [2.24, 2.45) is 0 Å². The summed E-state index contributed by atoms with van der Waals surface area (Å²) in [6, 6.07) is 0.837. The van der Waals surface area contributed by atoms with Gasteiger partial charge in [-0.25, -0.2) is 0 Å². The molecule has 0 radical (unpaired) electrons. The molecule has 14 heavy (non-hydrogen) atoms. The Labute approximate surface area is 88.0 Å². The first kappa shape index (κ1) is 6.62. The molecule has 0 aromatic heterocycles. The first-order valence-electron chi connectivity index (χ1n) is 6.51. The van der Waals surface area contributed by atoms with Gasteiger partial charge in [-0.05, 0) is 49.0 Å².